The highest BCUT2D eigenvalue weighted by molar-refractivity contribution is 5.98. The fourth-order valence-corrected chi connectivity index (χ4v) is 7.73. The molecule has 17 nitrogen and oxygen atoms in total. The van der Waals surface area contributed by atoms with Gasteiger partial charge in [-0.3, -0.25) is 19.4 Å². The van der Waals surface area contributed by atoms with E-state index in [1.807, 2.05) is 52.0 Å². The molecule has 3 atom stereocenters. The smallest absolute Gasteiger partial charge is 0.410 e. The Labute approximate surface area is 372 Å². The molecule has 2 unspecified atom stereocenters. The molecule has 1 saturated heterocycles. The molecule has 1 saturated carbocycles. The molecule has 2 aliphatic rings. The van der Waals surface area contributed by atoms with Crippen LogP contribution in [0, 0.1) is 18.8 Å². The number of tetrazole rings is 1. The number of alkyl carbamates (subject to hydrolysis) is 1. The Morgan fingerprint density at radius 1 is 0.891 bits per heavy atom. The average molecular weight is 883 g/mol. The number of rotatable bonds is 12. The van der Waals surface area contributed by atoms with Gasteiger partial charge in [0.05, 0.1) is 12.6 Å². The van der Waals surface area contributed by atoms with Gasteiger partial charge in [0.25, 0.3) is 5.91 Å². The van der Waals surface area contributed by atoms with Crippen molar-refractivity contribution in [2.75, 3.05) is 25.0 Å². The largest absolute Gasteiger partial charge is 0.444 e. The number of carbonyl (C=O) groups is 5. The van der Waals surface area contributed by atoms with E-state index in [2.05, 4.69) is 46.9 Å². The van der Waals surface area contributed by atoms with Crippen molar-refractivity contribution in [2.45, 2.75) is 116 Å². The van der Waals surface area contributed by atoms with Crippen LogP contribution in [0.4, 0.5) is 19.7 Å². The number of aromatic nitrogens is 5. The molecule has 5 N–H and O–H groups in total. The second-order valence-electron chi connectivity index (χ2n) is 18.6. The molecule has 342 valence electrons. The molecule has 2 aromatic heterocycles. The summed E-state index contributed by atoms with van der Waals surface area (Å²) in [5.41, 5.74) is 3.25. The zero-order chi connectivity index (χ0) is 46.2. The maximum absolute atomic E-state index is 15.1. The van der Waals surface area contributed by atoms with Gasteiger partial charge in [-0.25, -0.2) is 14.0 Å². The van der Waals surface area contributed by atoms with Crippen LogP contribution in [0.5, 0.6) is 0 Å². The van der Waals surface area contributed by atoms with Crippen molar-refractivity contribution in [2.24, 2.45) is 11.8 Å². The van der Waals surface area contributed by atoms with E-state index in [4.69, 9.17) is 9.47 Å². The highest BCUT2D eigenvalue weighted by Gasteiger charge is 2.35. The Kier molecular flexibility index (Phi) is 15.0. The number of nitrogens with zero attached hydrogens (tertiary/aromatic N) is 5. The normalized spacial score (nSPS) is 19.5. The number of benzene rings is 2. The molecule has 64 heavy (non-hydrogen) atoms. The van der Waals surface area contributed by atoms with Crippen LogP contribution in [0.25, 0.3) is 22.5 Å². The highest BCUT2D eigenvalue weighted by atomic mass is 19.1. The Bertz CT molecular complexity index is 2250. The molecule has 1 aliphatic heterocycles. The second-order valence-corrected chi connectivity index (χ2v) is 18.6. The number of alkyl halides is 1. The van der Waals surface area contributed by atoms with Crippen molar-refractivity contribution in [3.63, 3.8) is 0 Å². The number of nitrogens with one attached hydrogen (secondary N) is 5. The first kappa shape index (κ1) is 47.0. The minimum atomic E-state index is -1.47. The van der Waals surface area contributed by atoms with E-state index in [-0.39, 0.29) is 55.3 Å². The molecular weight excluding hydrogens is 824 g/mol. The van der Waals surface area contributed by atoms with Gasteiger partial charge in [0.1, 0.15) is 29.1 Å². The van der Waals surface area contributed by atoms with Crippen molar-refractivity contribution in [3.05, 3.63) is 77.6 Å². The predicted octanol–water partition coefficient (Wildman–Crippen LogP) is 6.31. The second kappa shape index (κ2) is 20.4. The zero-order valence-corrected chi connectivity index (χ0v) is 37.5. The van der Waals surface area contributed by atoms with Gasteiger partial charge in [-0.15, -0.1) is 10.2 Å². The molecule has 0 bridgehead atoms. The van der Waals surface area contributed by atoms with Gasteiger partial charge in [0.15, 0.2) is 0 Å². The molecule has 0 radical (unpaired) electrons. The number of hydrogen-bond donors (Lipinski definition) is 5. The molecule has 2 fully saturated rings. The maximum atomic E-state index is 15.1. The summed E-state index contributed by atoms with van der Waals surface area (Å²) < 4.78 is 25.9. The number of hydrogen-bond acceptors (Lipinski definition) is 11. The van der Waals surface area contributed by atoms with Crippen LogP contribution < -0.4 is 21.3 Å². The molecule has 0 spiro atoms. The van der Waals surface area contributed by atoms with E-state index in [9.17, 15) is 24.0 Å². The Morgan fingerprint density at radius 3 is 2.17 bits per heavy atom. The van der Waals surface area contributed by atoms with Crippen LogP contribution >= 0.6 is 0 Å². The fourth-order valence-electron chi connectivity index (χ4n) is 7.73. The molecule has 4 aromatic rings. The number of aromatic amines is 1. The summed E-state index contributed by atoms with van der Waals surface area (Å²) in [4.78, 5) is 71.2. The number of pyridine rings is 1. The zero-order valence-electron chi connectivity index (χ0n) is 37.5. The maximum Gasteiger partial charge on any atom is 0.410 e. The Balaban J connectivity index is 1.08. The summed E-state index contributed by atoms with van der Waals surface area (Å²) in [6, 6.07) is 14.5. The summed E-state index contributed by atoms with van der Waals surface area (Å²) >= 11 is 0. The van der Waals surface area contributed by atoms with Gasteiger partial charge >= 0.3 is 12.2 Å². The lowest BCUT2D eigenvalue weighted by atomic mass is 9.81. The summed E-state index contributed by atoms with van der Waals surface area (Å²) in [5, 5.41) is 25.6. The third kappa shape index (κ3) is 13.3. The minimum Gasteiger partial charge on any atom is -0.444 e. The van der Waals surface area contributed by atoms with E-state index in [0.717, 1.165) is 35.1 Å². The van der Waals surface area contributed by atoms with Gasteiger partial charge in [-0.1, -0.05) is 24.3 Å². The number of aryl methyl sites for hydroxylation is 1. The van der Waals surface area contributed by atoms with Crippen LogP contribution in [-0.2, 0) is 25.5 Å². The lowest BCUT2D eigenvalue weighted by molar-refractivity contribution is -0.130. The first-order valence-corrected chi connectivity index (χ1v) is 21.7. The van der Waals surface area contributed by atoms with E-state index < -0.39 is 47.6 Å². The number of carbonyl (C=O) groups excluding carboxylic acids is 5. The minimum absolute atomic E-state index is 0.139. The Morgan fingerprint density at radius 2 is 1.56 bits per heavy atom. The number of H-pyrrole nitrogens is 1. The molecule has 5 amide bonds. The van der Waals surface area contributed by atoms with Crippen LogP contribution in [0.15, 0.2) is 60.8 Å². The quantitative estimate of drug-likeness (QED) is 0.106. The number of ether oxygens (including phenoxy) is 2. The van der Waals surface area contributed by atoms with Gasteiger partial charge in [0.2, 0.25) is 17.6 Å². The number of piperidine rings is 1. The molecule has 18 heteroatoms. The fraction of sp³-hybridized carbons (Fsp3) is 0.500. The van der Waals surface area contributed by atoms with Gasteiger partial charge < -0.3 is 35.6 Å². The molecule has 2 aromatic carbocycles. The standard InChI is InChI=1S/C46H59FN10O7/c1-27-22-37(41(59)51-36-20-21-57(26-35(36)47)44(62)64-46(5,6)7)48-25-34(27)30-12-8-28(9-13-30)23-38(42(60)50-33-18-16-31(17-19-33)39-53-55-56-54-39)52-40(58)32-14-10-29(11-15-32)24-49-43(61)63-45(2,3)4/h8-9,12-13,16-19,22,25,29,32,35-36,38H,10-11,14-15,20-21,23-24,26H2,1-7H3,(H,49,61)(H,50,60)(H,51,59)(H,52,58)(H,53,54,55,56)/t29?,32?,35?,36?,38-/m0/s1. The van der Waals surface area contributed by atoms with Gasteiger partial charge in [-0.2, -0.15) is 5.21 Å². The topological polar surface area (TPSA) is 223 Å². The molecule has 1 aliphatic carbocycles. The highest BCUT2D eigenvalue weighted by Crippen LogP contribution is 2.30. The average Bonchev–Trinajstić information content (AvgIpc) is 3.78. The van der Waals surface area contributed by atoms with Crippen molar-refractivity contribution in [3.8, 4) is 22.5 Å². The van der Waals surface area contributed by atoms with E-state index in [1.165, 1.54) is 4.90 Å². The SMILES string of the molecule is Cc1cc(C(=O)NC2CCN(C(=O)OC(C)(C)C)CC2F)ncc1-c1ccc(C[C@H](NC(=O)C2CCC(CNC(=O)OC(C)(C)C)CC2)C(=O)Nc2ccc(-c3nn[nH]n3)cc2)cc1. The van der Waals surface area contributed by atoms with Crippen molar-refractivity contribution in [1.82, 2.24) is 46.5 Å². The predicted molar refractivity (Wildman–Crippen MR) is 237 cm³/mol. The van der Waals surface area contributed by atoms with Gasteiger partial charge in [-0.05, 0) is 139 Å². The third-order valence-electron chi connectivity index (χ3n) is 11.1. The summed E-state index contributed by atoms with van der Waals surface area (Å²) in [6.07, 6.45) is 2.23. The van der Waals surface area contributed by atoms with Gasteiger partial charge in [0, 0.05) is 48.4 Å². The summed E-state index contributed by atoms with van der Waals surface area (Å²) in [7, 11) is 0. The third-order valence-corrected chi connectivity index (χ3v) is 11.1. The first-order valence-electron chi connectivity index (χ1n) is 21.7. The van der Waals surface area contributed by atoms with E-state index in [1.54, 1.807) is 57.3 Å². The van der Waals surface area contributed by atoms with Crippen molar-refractivity contribution >= 4 is 35.6 Å². The monoisotopic (exact) mass is 882 g/mol. The summed E-state index contributed by atoms with van der Waals surface area (Å²) in [5.74, 6) is -0.774. The molecule has 6 rings (SSSR count). The Hall–Kier alpha value is -6.46. The number of amides is 5. The van der Waals surface area contributed by atoms with Crippen LogP contribution in [0.2, 0.25) is 0 Å². The lowest BCUT2D eigenvalue weighted by Gasteiger charge is -2.35. The molecular formula is C46H59FN10O7. The number of anilines is 1. The molecule has 3 heterocycles. The van der Waals surface area contributed by atoms with Crippen molar-refractivity contribution in [1.29, 1.82) is 0 Å². The van der Waals surface area contributed by atoms with E-state index >= 15 is 4.39 Å². The van der Waals surface area contributed by atoms with Crippen LogP contribution in [0.1, 0.15) is 95.3 Å². The number of halogens is 1. The van der Waals surface area contributed by atoms with Crippen LogP contribution in [-0.4, -0.2) is 110 Å². The lowest BCUT2D eigenvalue weighted by Crippen LogP contribution is -2.54. The summed E-state index contributed by atoms with van der Waals surface area (Å²) in [6.45, 7) is 13.1. The first-order chi connectivity index (χ1) is 30.3. The van der Waals surface area contributed by atoms with Crippen LogP contribution in [0.3, 0.4) is 0 Å². The van der Waals surface area contributed by atoms with E-state index in [0.29, 0.717) is 36.5 Å². The number of likely N-dealkylation sites (tertiary alicyclic amines) is 1. The van der Waals surface area contributed by atoms with Crippen molar-refractivity contribution < 1.29 is 37.8 Å².